The first kappa shape index (κ1) is 14.6. The Bertz CT molecular complexity index is 685. The Morgan fingerprint density at radius 1 is 1.43 bits per heavy atom. The number of anilines is 1. The monoisotopic (exact) mass is 306 g/mol. The Morgan fingerprint density at radius 2 is 2.24 bits per heavy atom. The van der Waals surface area contributed by atoms with Crippen molar-refractivity contribution in [2.75, 3.05) is 12.4 Å². The number of benzene rings is 1. The molecular formula is C12H10N4O4S. The minimum absolute atomic E-state index is 0.276. The first-order valence-electron chi connectivity index (χ1n) is 5.65. The molecule has 1 aromatic heterocycles. The number of aliphatic carboxylic acids is 1. The fraction of sp³-hybridized carbons (Fsp3) is 0.0833. The van der Waals surface area contributed by atoms with Gasteiger partial charge in [-0.3, -0.25) is 10.1 Å². The number of nitrogens with zero attached hydrogens (tertiary/aromatic N) is 3. The second-order valence-electron chi connectivity index (χ2n) is 3.75. The molecule has 0 bridgehead atoms. The molecule has 1 aromatic carbocycles. The van der Waals surface area contributed by atoms with Crippen LogP contribution in [0.1, 0.15) is 15.9 Å². The standard InChI is InChI=1S/C12H10N4O4S/c1-20-9-4-2-8(6-7(9)3-5-10(17)18)11(19)13-12-14-15-16-21-12/h2-6H,1H3,(H,17,18)(H,13,14,16,19)/b5-3+. The number of hydrogen-bond donors (Lipinski definition) is 2. The van der Waals surface area contributed by atoms with Crippen molar-refractivity contribution in [1.29, 1.82) is 0 Å². The van der Waals surface area contributed by atoms with Crippen LogP contribution >= 0.6 is 11.5 Å². The van der Waals surface area contributed by atoms with Crippen molar-refractivity contribution in [1.82, 2.24) is 14.8 Å². The highest BCUT2D eigenvalue weighted by molar-refractivity contribution is 7.09. The Balaban J connectivity index is 2.26. The average Bonchev–Trinajstić information content (AvgIpc) is 2.97. The lowest BCUT2D eigenvalue weighted by Gasteiger charge is -2.07. The number of amides is 1. The Hall–Kier alpha value is -2.81. The molecule has 0 fully saturated rings. The van der Waals surface area contributed by atoms with Crippen molar-refractivity contribution in [3.05, 3.63) is 35.4 Å². The lowest BCUT2D eigenvalue weighted by atomic mass is 10.1. The molecule has 108 valence electrons. The third-order valence-corrected chi connectivity index (χ3v) is 2.93. The fourth-order valence-corrected chi connectivity index (χ4v) is 1.88. The van der Waals surface area contributed by atoms with Gasteiger partial charge in [-0.1, -0.05) is 9.59 Å². The summed E-state index contributed by atoms with van der Waals surface area (Å²) in [5.41, 5.74) is 0.805. The van der Waals surface area contributed by atoms with E-state index in [1.165, 1.54) is 19.3 Å². The van der Waals surface area contributed by atoms with Crippen LogP contribution in [-0.2, 0) is 4.79 Å². The van der Waals surface area contributed by atoms with Gasteiger partial charge in [-0.15, -0.1) is 0 Å². The quantitative estimate of drug-likeness (QED) is 0.800. The minimum Gasteiger partial charge on any atom is -0.496 e. The highest BCUT2D eigenvalue weighted by Crippen LogP contribution is 2.22. The molecule has 1 amide bonds. The summed E-state index contributed by atoms with van der Waals surface area (Å²) in [7, 11) is 1.46. The van der Waals surface area contributed by atoms with Gasteiger partial charge >= 0.3 is 5.97 Å². The summed E-state index contributed by atoms with van der Waals surface area (Å²) < 4.78 is 8.64. The van der Waals surface area contributed by atoms with Crippen LogP contribution in [0.25, 0.3) is 6.08 Å². The lowest BCUT2D eigenvalue weighted by molar-refractivity contribution is -0.131. The number of rotatable bonds is 5. The number of ether oxygens (including phenoxy) is 1. The zero-order valence-electron chi connectivity index (χ0n) is 10.8. The molecule has 2 rings (SSSR count). The van der Waals surface area contributed by atoms with Gasteiger partial charge in [0, 0.05) is 28.7 Å². The molecule has 21 heavy (non-hydrogen) atoms. The van der Waals surface area contributed by atoms with Crippen LogP contribution in [0.3, 0.4) is 0 Å². The summed E-state index contributed by atoms with van der Waals surface area (Å²) >= 11 is 0.951. The van der Waals surface area contributed by atoms with E-state index in [0.717, 1.165) is 17.6 Å². The van der Waals surface area contributed by atoms with Crippen LogP contribution in [0.5, 0.6) is 5.75 Å². The van der Waals surface area contributed by atoms with E-state index in [0.29, 0.717) is 16.9 Å². The molecule has 1 heterocycles. The van der Waals surface area contributed by atoms with Crippen molar-refractivity contribution in [3.8, 4) is 5.75 Å². The Labute approximate surface area is 123 Å². The molecule has 0 saturated carbocycles. The van der Waals surface area contributed by atoms with E-state index in [-0.39, 0.29) is 5.13 Å². The van der Waals surface area contributed by atoms with Crippen molar-refractivity contribution in [2.45, 2.75) is 0 Å². The number of carboxylic acids is 1. The molecule has 9 heteroatoms. The van der Waals surface area contributed by atoms with Gasteiger partial charge < -0.3 is 9.84 Å². The summed E-state index contributed by atoms with van der Waals surface area (Å²) in [5.74, 6) is -1.03. The second kappa shape index (κ2) is 6.57. The van der Waals surface area contributed by atoms with Crippen LogP contribution in [0, 0.1) is 0 Å². The predicted molar refractivity (Wildman–Crippen MR) is 75.3 cm³/mol. The predicted octanol–water partition coefficient (Wildman–Crippen LogP) is 1.29. The smallest absolute Gasteiger partial charge is 0.328 e. The zero-order chi connectivity index (χ0) is 15.2. The van der Waals surface area contributed by atoms with Crippen LogP contribution < -0.4 is 10.1 Å². The molecule has 0 unspecified atom stereocenters. The first-order chi connectivity index (χ1) is 10.1. The molecule has 2 N–H and O–H groups in total. The van der Waals surface area contributed by atoms with E-state index in [4.69, 9.17) is 9.84 Å². The van der Waals surface area contributed by atoms with Crippen molar-refractivity contribution in [3.63, 3.8) is 0 Å². The normalized spacial score (nSPS) is 10.5. The molecule has 2 aromatic rings. The maximum atomic E-state index is 12.0. The zero-order valence-corrected chi connectivity index (χ0v) is 11.6. The van der Waals surface area contributed by atoms with Gasteiger partial charge in [0.05, 0.1) is 7.11 Å². The molecule has 0 spiro atoms. The SMILES string of the molecule is COc1ccc(C(=O)Nc2nnns2)cc1/C=C/C(=O)O. The third-order valence-electron chi connectivity index (χ3n) is 2.42. The molecule has 0 saturated heterocycles. The van der Waals surface area contributed by atoms with E-state index in [2.05, 4.69) is 20.1 Å². The fourth-order valence-electron chi connectivity index (χ4n) is 1.52. The molecule has 8 nitrogen and oxygen atoms in total. The maximum Gasteiger partial charge on any atom is 0.328 e. The van der Waals surface area contributed by atoms with Crippen molar-refractivity contribution >= 4 is 34.6 Å². The number of aromatic nitrogens is 3. The summed E-state index contributed by atoms with van der Waals surface area (Å²) in [6.07, 6.45) is 2.32. The largest absolute Gasteiger partial charge is 0.496 e. The van der Waals surface area contributed by atoms with Gasteiger partial charge in [0.15, 0.2) is 0 Å². The van der Waals surface area contributed by atoms with E-state index >= 15 is 0 Å². The van der Waals surface area contributed by atoms with E-state index in [1.807, 2.05) is 0 Å². The summed E-state index contributed by atoms with van der Waals surface area (Å²) in [5, 5.41) is 18.4. The number of nitrogens with one attached hydrogen (secondary N) is 1. The lowest BCUT2D eigenvalue weighted by Crippen LogP contribution is -2.12. The second-order valence-corrected chi connectivity index (χ2v) is 4.48. The van der Waals surface area contributed by atoms with Gasteiger partial charge in [-0.25, -0.2) is 4.79 Å². The van der Waals surface area contributed by atoms with Crippen molar-refractivity contribution < 1.29 is 19.4 Å². The third kappa shape index (κ3) is 3.83. The van der Waals surface area contributed by atoms with E-state index in [1.54, 1.807) is 12.1 Å². The van der Waals surface area contributed by atoms with Gasteiger partial charge in [0.1, 0.15) is 5.75 Å². The maximum absolute atomic E-state index is 12.0. The molecule has 0 aliphatic heterocycles. The molecule has 0 aliphatic rings. The molecule has 0 radical (unpaired) electrons. The van der Waals surface area contributed by atoms with Crippen LogP contribution in [-0.4, -0.2) is 38.9 Å². The van der Waals surface area contributed by atoms with Crippen LogP contribution in [0.15, 0.2) is 24.3 Å². The first-order valence-corrected chi connectivity index (χ1v) is 6.43. The number of methoxy groups -OCH3 is 1. The van der Waals surface area contributed by atoms with Gasteiger partial charge in [-0.05, 0) is 29.5 Å². The number of hydrogen-bond acceptors (Lipinski definition) is 7. The summed E-state index contributed by atoms with van der Waals surface area (Å²) in [6, 6.07) is 4.65. The number of carbonyl (C=O) groups excluding carboxylic acids is 1. The van der Waals surface area contributed by atoms with E-state index in [9.17, 15) is 9.59 Å². The Morgan fingerprint density at radius 3 is 2.86 bits per heavy atom. The summed E-state index contributed by atoms with van der Waals surface area (Å²) in [4.78, 5) is 22.6. The van der Waals surface area contributed by atoms with Crippen molar-refractivity contribution in [2.24, 2.45) is 0 Å². The van der Waals surface area contributed by atoms with Crippen LogP contribution in [0.4, 0.5) is 5.13 Å². The van der Waals surface area contributed by atoms with Crippen LogP contribution in [0.2, 0.25) is 0 Å². The number of carbonyl (C=O) groups is 2. The van der Waals surface area contributed by atoms with Gasteiger partial charge in [-0.2, -0.15) is 0 Å². The molecule has 0 atom stereocenters. The molecule has 0 aliphatic carbocycles. The van der Waals surface area contributed by atoms with Gasteiger partial charge in [0.25, 0.3) is 5.91 Å². The number of carboxylic acid groups (broad SMARTS) is 1. The molecular weight excluding hydrogens is 296 g/mol. The average molecular weight is 306 g/mol. The summed E-state index contributed by atoms with van der Waals surface area (Å²) in [6.45, 7) is 0. The topological polar surface area (TPSA) is 114 Å². The highest BCUT2D eigenvalue weighted by Gasteiger charge is 2.11. The Kier molecular flexibility index (Phi) is 4.57. The van der Waals surface area contributed by atoms with E-state index < -0.39 is 11.9 Å². The van der Waals surface area contributed by atoms with Gasteiger partial charge in [0.2, 0.25) is 5.13 Å². The minimum atomic E-state index is -1.09. The highest BCUT2D eigenvalue weighted by atomic mass is 32.1.